The van der Waals surface area contributed by atoms with E-state index in [1.807, 2.05) is 11.8 Å². The lowest BCUT2D eigenvalue weighted by atomic mass is 10.1. The van der Waals surface area contributed by atoms with Crippen LogP contribution in [0.1, 0.15) is 26.2 Å². The van der Waals surface area contributed by atoms with Crippen LogP contribution in [0.2, 0.25) is 0 Å². The Morgan fingerprint density at radius 1 is 1.47 bits per heavy atom. The Kier molecular flexibility index (Phi) is 4.56. The first-order chi connectivity index (χ1) is 8.23. The molecule has 2 fully saturated rings. The molecule has 1 atom stereocenters. The van der Waals surface area contributed by atoms with Gasteiger partial charge in [0.2, 0.25) is 0 Å². The van der Waals surface area contributed by atoms with Gasteiger partial charge in [-0.25, -0.2) is 0 Å². The highest BCUT2D eigenvalue weighted by Gasteiger charge is 2.31. The normalized spacial score (nSPS) is 30.0. The molecule has 0 aromatic rings. The van der Waals surface area contributed by atoms with Crippen molar-refractivity contribution in [1.82, 2.24) is 10.2 Å². The van der Waals surface area contributed by atoms with Gasteiger partial charge in [-0.3, -0.25) is 4.99 Å². The van der Waals surface area contributed by atoms with Crippen LogP contribution < -0.4 is 5.32 Å². The Hall–Kier alpha value is -0.420. The monoisotopic (exact) mass is 257 g/mol. The minimum absolute atomic E-state index is 0.541. The maximum Gasteiger partial charge on any atom is 0.194 e. The lowest BCUT2D eigenvalue weighted by Crippen LogP contribution is -2.41. The fraction of sp³-hybridized carbons (Fsp3) is 0.917. The summed E-state index contributed by atoms with van der Waals surface area (Å²) in [5, 5.41) is 13.6. The molecule has 2 rings (SSSR count). The summed E-state index contributed by atoms with van der Waals surface area (Å²) in [5.41, 5.74) is -0.564. The first kappa shape index (κ1) is 13.0. The molecular formula is C12H23N3OS. The van der Waals surface area contributed by atoms with Crippen LogP contribution in [0.15, 0.2) is 4.99 Å². The second kappa shape index (κ2) is 5.96. The molecule has 2 aliphatic rings. The van der Waals surface area contributed by atoms with Crippen molar-refractivity contribution >= 4 is 17.7 Å². The van der Waals surface area contributed by atoms with Gasteiger partial charge in [-0.15, -0.1) is 0 Å². The van der Waals surface area contributed by atoms with Crippen LogP contribution in [-0.2, 0) is 0 Å². The first-order valence-corrected chi connectivity index (χ1v) is 7.72. The number of aliphatic imine (C=N–C) groups is 1. The Morgan fingerprint density at radius 3 is 2.82 bits per heavy atom. The van der Waals surface area contributed by atoms with E-state index in [0.717, 1.165) is 43.5 Å². The summed E-state index contributed by atoms with van der Waals surface area (Å²) >= 11 is 1.83. The average Bonchev–Trinajstić information content (AvgIpc) is 2.96. The summed E-state index contributed by atoms with van der Waals surface area (Å²) in [6, 6.07) is 0. The van der Waals surface area contributed by atoms with Crippen LogP contribution in [0.25, 0.3) is 0 Å². The van der Waals surface area contributed by atoms with Crippen molar-refractivity contribution in [2.24, 2.45) is 4.99 Å². The zero-order valence-corrected chi connectivity index (χ0v) is 11.4. The van der Waals surface area contributed by atoms with Crippen LogP contribution in [0, 0.1) is 0 Å². The van der Waals surface area contributed by atoms with Gasteiger partial charge in [0.15, 0.2) is 5.96 Å². The van der Waals surface area contributed by atoms with Crippen molar-refractivity contribution in [3.63, 3.8) is 0 Å². The molecule has 17 heavy (non-hydrogen) atoms. The molecule has 2 heterocycles. The molecule has 98 valence electrons. The Morgan fingerprint density at radius 2 is 2.24 bits per heavy atom. The second-order valence-electron chi connectivity index (χ2n) is 4.89. The number of nitrogens with zero attached hydrogens (tertiary/aromatic N) is 2. The molecule has 2 N–H and O–H groups in total. The average molecular weight is 257 g/mol. The highest BCUT2D eigenvalue weighted by molar-refractivity contribution is 7.99. The van der Waals surface area contributed by atoms with Crippen LogP contribution in [0.5, 0.6) is 0 Å². The minimum Gasteiger partial charge on any atom is -0.387 e. The number of thioether (sulfide) groups is 1. The number of guanidine groups is 1. The number of likely N-dealkylation sites (tertiary alicyclic amines) is 1. The lowest BCUT2D eigenvalue weighted by molar-refractivity contribution is 0.0776. The van der Waals surface area contributed by atoms with Crippen molar-refractivity contribution in [2.45, 2.75) is 31.8 Å². The smallest absolute Gasteiger partial charge is 0.194 e. The van der Waals surface area contributed by atoms with E-state index in [1.165, 1.54) is 12.8 Å². The Balaban J connectivity index is 1.94. The number of aliphatic hydroxyl groups is 1. The number of nitrogens with one attached hydrogen (secondary N) is 1. The van der Waals surface area contributed by atoms with E-state index in [-0.39, 0.29) is 0 Å². The van der Waals surface area contributed by atoms with E-state index in [1.54, 1.807) is 0 Å². The minimum atomic E-state index is -0.564. The first-order valence-electron chi connectivity index (χ1n) is 6.57. The number of hydrogen-bond donors (Lipinski definition) is 2. The standard InChI is InChI=1S/C12H23N3OS/c1-2-13-11(15-6-3-4-7-15)14-9-12(16)5-8-17-10-12/h16H,2-10H2,1H3,(H,13,14). The summed E-state index contributed by atoms with van der Waals surface area (Å²) < 4.78 is 0. The number of hydrogen-bond acceptors (Lipinski definition) is 3. The van der Waals surface area contributed by atoms with Crippen molar-refractivity contribution < 1.29 is 5.11 Å². The fourth-order valence-electron chi connectivity index (χ4n) is 2.30. The quantitative estimate of drug-likeness (QED) is 0.583. The molecule has 0 spiro atoms. The van der Waals surface area contributed by atoms with Crippen molar-refractivity contribution in [1.29, 1.82) is 0 Å². The highest BCUT2D eigenvalue weighted by Crippen LogP contribution is 2.28. The maximum atomic E-state index is 10.3. The van der Waals surface area contributed by atoms with Gasteiger partial charge in [-0.2, -0.15) is 11.8 Å². The van der Waals surface area contributed by atoms with Gasteiger partial charge in [0.05, 0.1) is 12.1 Å². The molecule has 0 aliphatic carbocycles. The van der Waals surface area contributed by atoms with Crippen LogP contribution in [0.3, 0.4) is 0 Å². The summed E-state index contributed by atoms with van der Waals surface area (Å²) in [4.78, 5) is 6.92. The second-order valence-corrected chi connectivity index (χ2v) is 6.00. The third-order valence-electron chi connectivity index (χ3n) is 3.35. The van der Waals surface area contributed by atoms with E-state index in [0.29, 0.717) is 6.54 Å². The van der Waals surface area contributed by atoms with Crippen molar-refractivity contribution in [3.8, 4) is 0 Å². The largest absolute Gasteiger partial charge is 0.387 e. The van der Waals surface area contributed by atoms with Gasteiger partial charge >= 0.3 is 0 Å². The van der Waals surface area contributed by atoms with Gasteiger partial charge in [-0.05, 0) is 31.9 Å². The SMILES string of the molecule is CCNC(=NCC1(O)CCSC1)N1CCCC1. The number of rotatable bonds is 3. The molecule has 2 saturated heterocycles. The van der Waals surface area contributed by atoms with Gasteiger partial charge in [0.1, 0.15) is 0 Å². The zero-order valence-electron chi connectivity index (χ0n) is 10.6. The molecule has 0 aromatic heterocycles. The summed E-state index contributed by atoms with van der Waals surface area (Å²) in [7, 11) is 0. The predicted molar refractivity (Wildman–Crippen MR) is 73.7 cm³/mol. The summed E-state index contributed by atoms with van der Waals surface area (Å²) in [5.74, 6) is 2.87. The zero-order chi connectivity index (χ0) is 12.1. The predicted octanol–water partition coefficient (Wildman–Crippen LogP) is 0.916. The van der Waals surface area contributed by atoms with Crippen LogP contribution >= 0.6 is 11.8 Å². The van der Waals surface area contributed by atoms with Gasteiger partial charge in [0, 0.05) is 25.4 Å². The highest BCUT2D eigenvalue weighted by atomic mass is 32.2. The van der Waals surface area contributed by atoms with E-state index < -0.39 is 5.60 Å². The van der Waals surface area contributed by atoms with Crippen molar-refractivity contribution in [2.75, 3.05) is 37.7 Å². The maximum absolute atomic E-state index is 10.3. The Bertz CT molecular complexity index is 271. The molecule has 2 aliphatic heterocycles. The Labute approximate surface area is 108 Å². The molecule has 5 heteroatoms. The molecular weight excluding hydrogens is 234 g/mol. The van der Waals surface area contributed by atoms with E-state index >= 15 is 0 Å². The molecule has 1 unspecified atom stereocenters. The van der Waals surface area contributed by atoms with E-state index in [4.69, 9.17) is 0 Å². The molecule has 0 amide bonds. The molecule has 4 nitrogen and oxygen atoms in total. The molecule has 0 aromatic carbocycles. The van der Waals surface area contributed by atoms with Gasteiger partial charge in [-0.1, -0.05) is 0 Å². The summed E-state index contributed by atoms with van der Waals surface area (Å²) in [6.45, 7) is 5.71. The third-order valence-corrected chi connectivity index (χ3v) is 4.58. The third kappa shape index (κ3) is 3.52. The topological polar surface area (TPSA) is 47.9 Å². The van der Waals surface area contributed by atoms with Gasteiger partial charge < -0.3 is 15.3 Å². The molecule has 0 saturated carbocycles. The summed E-state index contributed by atoms with van der Waals surface area (Å²) in [6.07, 6.45) is 3.38. The molecule has 0 bridgehead atoms. The van der Waals surface area contributed by atoms with E-state index in [2.05, 4.69) is 22.1 Å². The van der Waals surface area contributed by atoms with Crippen LogP contribution in [-0.4, -0.2) is 59.3 Å². The van der Waals surface area contributed by atoms with Crippen LogP contribution in [0.4, 0.5) is 0 Å². The lowest BCUT2D eigenvalue weighted by Gasteiger charge is -2.24. The van der Waals surface area contributed by atoms with Gasteiger partial charge in [0.25, 0.3) is 0 Å². The van der Waals surface area contributed by atoms with E-state index in [9.17, 15) is 5.11 Å². The molecule has 0 radical (unpaired) electrons. The fourth-order valence-corrected chi connectivity index (χ4v) is 3.58. The van der Waals surface area contributed by atoms with Crippen molar-refractivity contribution in [3.05, 3.63) is 0 Å².